The van der Waals surface area contributed by atoms with E-state index in [4.69, 9.17) is 0 Å². The predicted molar refractivity (Wildman–Crippen MR) is 77.4 cm³/mol. The van der Waals surface area contributed by atoms with Crippen molar-refractivity contribution in [2.45, 2.75) is 58.8 Å². The molecule has 0 heterocycles. The first-order chi connectivity index (χ1) is 8.36. The Morgan fingerprint density at radius 3 is 1.94 bits per heavy atom. The van der Waals surface area contributed by atoms with Crippen molar-refractivity contribution in [1.29, 1.82) is 0 Å². The van der Waals surface area contributed by atoms with Crippen LogP contribution in [0.4, 0.5) is 0 Å². The highest BCUT2D eigenvalue weighted by molar-refractivity contribution is 5.23. The molecule has 0 bridgehead atoms. The van der Waals surface area contributed by atoms with Gasteiger partial charge in [-0.1, -0.05) is 63.1 Å². The smallest absolute Gasteiger partial charge is 0.0244 e. The lowest BCUT2D eigenvalue weighted by Gasteiger charge is -2.02. The number of benzene rings is 1. The van der Waals surface area contributed by atoms with E-state index >= 15 is 0 Å². The zero-order valence-corrected chi connectivity index (χ0v) is 11.4. The lowest BCUT2D eigenvalue weighted by molar-refractivity contribution is 0.794. The molecule has 0 aliphatic rings. The van der Waals surface area contributed by atoms with Gasteiger partial charge < -0.3 is 0 Å². The van der Waals surface area contributed by atoms with Crippen LogP contribution in [0.5, 0.6) is 0 Å². The molecule has 0 saturated carbocycles. The maximum atomic E-state index is 2.31. The zero-order valence-electron chi connectivity index (χ0n) is 11.4. The number of aryl methyl sites for hydroxylation is 2. The van der Waals surface area contributed by atoms with Crippen LogP contribution in [-0.2, 0) is 12.8 Å². The average Bonchev–Trinajstić information content (AvgIpc) is 2.37. The molecule has 1 aromatic rings. The summed E-state index contributed by atoms with van der Waals surface area (Å²) in [6.07, 6.45) is 13.3. The van der Waals surface area contributed by atoms with Gasteiger partial charge in [0.1, 0.15) is 0 Å². The van der Waals surface area contributed by atoms with Gasteiger partial charge in [0.25, 0.3) is 0 Å². The maximum absolute atomic E-state index is 2.31. The predicted octanol–water partition coefficient (Wildman–Crippen LogP) is 5.32. The Morgan fingerprint density at radius 1 is 0.765 bits per heavy atom. The summed E-state index contributed by atoms with van der Waals surface area (Å²) in [5, 5.41) is 0. The summed E-state index contributed by atoms with van der Waals surface area (Å²) in [6, 6.07) is 9.17. The van der Waals surface area contributed by atoms with E-state index in [-0.39, 0.29) is 0 Å². The van der Waals surface area contributed by atoms with Crippen molar-refractivity contribution in [1.82, 2.24) is 0 Å². The molecule has 0 aliphatic heterocycles. The molecule has 0 amide bonds. The van der Waals surface area contributed by atoms with Crippen LogP contribution in [0.25, 0.3) is 0 Å². The first kappa shape index (κ1) is 14.0. The SMILES string of the molecule is CCC/C=C/CCc1ccc(CCCC)cc1. The van der Waals surface area contributed by atoms with Gasteiger partial charge >= 0.3 is 0 Å². The molecule has 0 atom stereocenters. The number of hydrogen-bond donors (Lipinski definition) is 0. The van der Waals surface area contributed by atoms with E-state index in [0.29, 0.717) is 0 Å². The molecule has 0 heteroatoms. The Bertz CT molecular complexity index is 305. The standard InChI is InChI=1S/C17H26/c1-3-5-7-8-9-11-17-14-12-16(13-15-17)10-6-4-2/h7-8,12-15H,3-6,9-11H2,1-2H3/b8-7+. The van der Waals surface area contributed by atoms with Crippen LogP contribution >= 0.6 is 0 Å². The molecule has 1 rings (SSSR count). The van der Waals surface area contributed by atoms with Gasteiger partial charge in [0.15, 0.2) is 0 Å². The van der Waals surface area contributed by atoms with Crippen LogP contribution in [0.15, 0.2) is 36.4 Å². The van der Waals surface area contributed by atoms with Crippen molar-refractivity contribution in [2.24, 2.45) is 0 Å². The van der Waals surface area contributed by atoms with Crippen molar-refractivity contribution in [3.63, 3.8) is 0 Å². The normalized spacial score (nSPS) is 11.2. The summed E-state index contributed by atoms with van der Waals surface area (Å²) >= 11 is 0. The maximum Gasteiger partial charge on any atom is -0.0244 e. The minimum absolute atomic E-state index is 1.17. The van der Waals surface area contributed by atoms with E-state index in [1.165, 1.54) is 56.1 Å². The van der Waals surface area contributed by atoms with Crippen molar-refractivity contribution >= 4 is 0 Å². The highest BCUT2D eigenvalue weighted by Crippen LogP contribution is 2.09. The molecule has 0 fully saturated rings. The Morgan fingerprint density at radius 2 is 1.35 bits per heavy atom. The number of hydrogen-bond acceptors (Lipinski definition) is 0. The third kappa shape index (κ3) is 6.31. The summed E-state index contributed by atoms with van der Waals surface area (Å²) in [4.78, 5) is 0. The molecule has 94 valence electrons. The Balaban J connectivity index is 2.30. The molecule has 0 spiro atoms. The van der Waals surface area contributed by atoms with Crippen LogP contribution in [0, 0.1) is 0 Å². The van der Waals surface area contributed by atoms with Gasteiger partial charge in [0.2, 0.25) is 0 Å². The molecule has 0 radical (unpaired) electrons. The average molecular weight is 230 g/mol. The Hall–Kier alpha value is -1.04. The second-order valence-electron chi connectivity index (χ2n) is 4.72. The van der Waals surface area contributed by atoms with Gasteiger partial charge in [-0.3, -0.25) is 0 Å². The van der Waals surface area contributed by atoms with Crippen LogP contribution in [0.1, 0.15) is 57.1 Å². The lowest BCUT2D eigenvalue weighted by atomic mass is 10.0. The zero-order chi connectivity index (χ0) is 12.3. The van der Waals surface area contributed by atoms with E-state index in [2.05, 4.69) is 50.3 Å². The largest absolute Gasteiger partial charge is 0.0885 e. The van der Waals surface area contributed by atoms with Crippen LogP contribution in [0.2, 0.25) is 0 Å². The van der Waals surface area contributed by atoms with E-state index in [0.717, 1.165) is 0 Å². The van der Waals surface area contributed by atoms with Crippen molar-refractivity contribution in [2.75, 3.05) is 0 Å². The van der Waals surface area contributed by atoms with Crippen molar-refractivity contribution < 1.29 is 0 Å². The van der Waals surface area contributed by atoms with E-state index in [1.807, 2.05) is 0 Å². The highest BCUT2D eigenvalue weighted by atomic mass is 14.0. The molecule has 1 aromatic carbocycles. The molecular weight excluding hydrogens is 204 g/mol. The lowest BCUT2D eigenvalue weighted by Crippen LogP contribution is -1.87. The summed E-state index contributed by atoms with van der Waals surface area (Å²) in [6.45, 7) is 4.47. The molecule has 17 heavy (non-hydrogen) atoms. The van der Waals surface area contributed by atoms with Crippen molar-refractivity contribution in [3.05, 3.63) is 47.5 Å². The topological polar surface area (TPSA) is 0 Å². The van der Waals surface area contributed by atoms with Gasteiger partial charge in [-0.05, 0) is 43.2 Å². The fourth-order valence-corrected chi connectivity index (χ4v) is 1.91. The fourth-order valence-electron chi connectivity index (χ4n) is 1.91. The van der Waals surface area contributed by atoms with Gasteiger partial charge in [0, 0.05) is 0 Å². The number of rotatable bonds is 8. The molecule has 0 nitrogen and oxygen atoms in total. The second kappa shape index (κ2) is 9.04. The Labute approximate surface area is 107 Å². The number of allylic oxidation sites excluding steroid dienone is 2. The minimum atomic E-state index is 1.17. The summed E-state index contributed by atoms with van der Waals surface area (Å²) in [5.74, 6) is 0. The van der Waals surface area contributed by atoms with E-state index in [9.17, 15) is 0 Å². The van der Waals surface area contributed by atoms with Gasteiger partial charge in [-0.2, -0.15) is 0 Å². The minimum Gasteiger partial charge on any atom is -0.0885 e. The third-order valence-corrected chi connectivity index (χ3v) is 3.06. The van der Waals surface area contributed by atoms with E-state index < -0.39 is 0 Å². The van der Waals surface area contributed by atoms with Crippen LogP contribution in [-0.4, -0.2) is 0 Å². The van der Waals surface area contributed by atoms with Gasteiger partial charge in [-0.15, -0.1) is 0 Å². The first-order valence-electron chi connectivity index (χ1n) is 7.09. The molecule has 0 N–H and O–H groups in total. The van der Waals surface area contributed by atoms with Gasteiger partial charge in [-0.25, -0.2) is 0 Å². The third-order valence-electron chi connectivity index (χ3n) is 3.06. The summed E-state index contributed by atoms with van der Waals surface area (Å²) in [5.41, 5.74) is 2.95. The molecular formula is C17H26. The summed E-state index contributed by atoms with van der Waals surface area (Å²) < 4.78 is 0. The molecule has 0 aromatic heterocycles. The fraction of sp³-hybridized carbons (Fsp3) is 0.529. The molecule has 0 saturated heterocycles. The number of unbranched alkanes of at least 4 members (excludes halogenated alkanes) is 2. The molecule has 0 unspecified atom stereocenters. The van der Waals surface area contributed by atoms with Crippen LogP contribution in [0.3, 0.4) is 0 Å². The first-order valence-corrected chi connectivity index (χ1v) is 7.09. The monoisotopic (exact) mass is 230 g/mol. The molecule has 0 aliphatic carbocycles. The summed E-state index contributed by atoms with van der Waals surface area (Å²) in [7, 11) is 0. The highest BCUT2D eigenvalue weighted by Gasteiger charge is 1.94. The van der Waals surface area contributed by atoms with E-state index in [1.54, 1.807) is 0 Å². The Kier molecular flexibility index (Phi) is 7.46. The quantitative estimate of drug-likeness (QED) is 0.530. The van der Waals surface area contributed by atoms with Crippen LogP contribution < -0.4 is 0 Å². The second-order valence-corrected chi connectivity index (χ2v) is 4.72. The van der Waals surface area contributed by atoms with Gasteiger partial charge in [0.05, 0.1) is 0 Å². The van der Waals surface area contributed by atoms with Crippen molar-refractivity contribution in [3.8, 4) is 0 Å².